The van der Waals surface area contributed by atoms with Crippen molar-refractivity contribution in [3.8, 4) is 0 Å². The molecule has 1 unspecified atom stereocenters. The van der Waals surface area contributed by atoms with Crippen LogP contribution in [-0.2, 0) is 39.6 Å². The standard InChI is InChI=1S/C43H79FN6O12/c1-13-33-43(9,56)37(52)27(5)49(11)22-24(2)18-41(7,55)34(17-32(26(4)39(54)61-33)60-35-19-42(8,57-12)38(53)28(6)59-35)62-40-36(51)31(16-25(3)58-40)48(10)15-14-29-23-50(47-46-29)30(20-44)21-45/h23-28,30-38,40,51-53,55-56H,13-22,45H2,1-12H3/t24-,25-,26-,27-,28+,30?,31+,32+,33-,34-,35+,36-,37-,38+,40+,41-,42-,43-/m1/s1. The summed E-state index contributed by atoms with van der Waals surface area (Å²) in [5, 5.41) is 67.1. The maximum atomic E-state index is 14.2. The second kappa shape index (κ2) is 22.0. The van der Waals surface area contributed by atoms with E-state index < -0.39 is 109 Å². The Bertz CT molecular complexity index is 1540. The van der Waals surface area contributed by atoms with E-state index in [-0.39, 0.29) is 44.2 Å². The molecule has 62 heavy (non-hydrogen) atoms. The molecule has 18 nitrogen and oxygen atoms in total. The Labute approximate surface area is 367 Å². The summed E-state index contributed by atoms with van der Waals surface area (Å²) in [4.78, 5) is 18.1. The van der Waals surface area contributed by atoms with Crippen molar-refractivity contribution in [1.82, 2.24) is 24.8 Å². The maximum Gasteiger partial charge on any atom is 0.311 e. The van der Waals surface area contributed by atoms with Crippen LogP contribution in [0, 0.1) is 11.8 Å². The van der Waals surface area contributed by atoms with E-state index in [2.05, 4.69) is 10.3 Å². The monoisotopic (exact) mass is 891 g/mol. The highest BCUT2D eigenvalue weighted by Gasteiger charge is 2.51. The molecule has 360 valence electrons. The van der Waals surface area contributed by atoms with Crippen molar-refractivity contribution in [2.45, 2.75) is 197 Å². The van der Waals surface area contributed by atoms with Crippen molar-refractivity contribution in [1.29, 1.82) is 0 Å². The number of aliphatic hydroxyl groups excluding tert-OH is 3. The van der Waals surface area contributed by atoms with Crippen LogP contribution in [0.1, 0.15) is 106 Å². The molecule has 19 heteroatoms. The molecule has 4 rings (SSSR count). The molecule has 0 bridgehead atoms. The van der Waals surface area contributed by atoms with Crippen LogP contribution in [0.3, 0.4) is 0 Å². The van der Waals surface area contributed by atoms with E-state index in [1.165, 1.54) is 18.7 Å². The average Bonchev–Trinajstić information content (AvgIpc) is 3.68. The van der Waals surface area contributed by atoms with Gasteiger partial charge < -0.3 is 69.5 Å². The second-order valence-corrected chi connectivity index (χ2v) is 19.2. The molecule has 3 fully saturated rings. The molecule has 7 N–H and O–H groups in total. The number of rotatable bonds is 13. The summed E-state index contributed by atoms with van der Waals surface area (Å²) >= 11 is 0. The number of aliphatic hydroxyl groups is 5. The fraction of sp³-hybridized carbons (Fsp3) is 0.930. The molecule has 0 aromatic carbocycles. The van der Waals surface area contributed by atoms with Gasteiger partial charge in [-0.3, -0.25) is 4.79 Å². The van der Waals surface area contributed by atoms with Gasteiger partial charge in [0.2, 0.25) is 0 Å². The first-order chi connectivity index (χ1) is 28.9. The summed E-state index contributed by atoms with van der Waals surface area (Å²) in [5.74, 6) is -1.95. The number of hydrogen-bond acceptors (Lipinski definition) is 17. The number of methoxy groups -OCH3 is 1. The van der Waals surface area contributed by atoms with Crippen LogP contribution in [0.5, 0.6) is 0 Å². The number of nitrogens with two attached hydrogens (primary N) is 1. The van der Waals surface area contributed by atoms with Crippen LogP contribution in [0.2, 0.25) is 0 Å². The highest BCUT2D eigenvalue weighted by atomic mass is 19.1. The number of alkyl halides is 1. The number of likely N-dealkylation sites (N-methyl/N-ethyl adjacent to an activating group) is 2. The number of esters is 1. The van der Waals surface area contributed by atoms with E-state index in [0.29, 0.717) is 31.6 Å². The van der Waals surface area contributed by atoms with Gasteiger partial charge in [0, 0.05) is 64.3 Å². The van der Waals surface area contributed by atoms with E-state index in [9.17, 15) is 34.7 Å². The first kappa shape index (κ1) is 52.6. The fourth-order valence-corrected chi connectivity index (χ4v) is 9.37. The van der Waals surface area contributed by atoms with Crippen LogP contribution in [0.4, 0.5) is 4.39 Å². The molecule has 3 aliphatic heterocycles. The lowest BCUT2D eigenvalue weighted by Crippen LogP contribution is -2.59. The van der Waals surface area contributed by atoms with Crippen LogP contribution < -0.4 is 5.73 Å². The lowest BCUT2D eigenvalue weighted by Gasteiger charge is -2.47. The summed E-state index contributed by atoms with van der Waals surface area (Å²) in [6.45, 7) is 15.9. The number of ether oxygens (including phenoxy) is 6. The topological polar surface area (TPSA) is 237 Å². The van der Waals surface area contributed by atoms with Crippen molar-refractivity contribution < 1.29 is 63.1 Å². The van der Waals surface area contributed by atoms with E-state index in [1.807, 2.05) is 37.7 Å². The Morgan fingerprint density at radius 1 is 1.05 bits per heavy atom. The molecule has 0 aliphatic carbocycles. The van der Waals surface area contributed by atoms with Crippen molar-refractivity contribution in [3.05, 3.63) is 11.9 Å². The van der Waals surface area contributed by atoms with E-state index in [1.54, 1.807) is 47.7 Å². The van der Waals surface area contributed by atoms with Crippen molar-refractivity contribution in [3.63, 3.8) is 0 Å². The molecule has 3 saturated heterocycles. The van der Waals surface area contributed by atoms with Gasteiger partial charge in [0.1, 0.15) is 36.7 Å². The SMILES string of the molecule is CC[C@H]1OC(=O)[C@H](C)[C@@H](O[C@H]2C[C@@](C)(OC)[C@@H](O)[C@H](C)O2)C[C@@H](O[C@@H]2O[C@H](C)C[C@H](N(C)CCc3cn(C(CN)CF)nn3)[C@H]2O)[C@](C)(O)C[C@@H](C)CN(C)[C@H](C)[C@@H](O)[C@]1(C)O. The Morgan fingerprint density at radius 2 is 1.73 bits per heavy atom. The zero-order valence-electron chi connectivity index (χ0n) is 39.1. The van der Waals surface area contributed by atoms with Crippen molar-refractivity contribution in [2.24, 2.45) is 17.6 Å². The summed E-state index contributed by atoms with van der Waals surface area (Å²) in [6.07, 6.45) is -6.98. The van der Waals surface area contributed by atoms with Gasteiger partial charge >= 0.3 is 5.97 Å². The molecule has 0 saturated carbocycles. The Morgan fingerprint density at radius 3 is 2.34 bits per heavy atom. The Balaban J connectivity index is 1.70. The van der Waals surface area contributed by atoms with Gasteiger partial charge in [-0.05, 0) is 87.7 Å². The molecule has 0 amide bonds. The lowest BCUT2D eigenvalue weighted by molar-refractivity contribution is -0.308. The number of cyclic esters (lactones) is 1. The van der Waals surface area contributed by atoms with Crippen molar-refractivity contribution in [2.75, 3.05) is 47.5 Å². The number of carbonyl (C=O) groups is 1. The third-order valence-corrected chi connectivity index (χ3v) is 13.8. The number of aromatic nitrogens is 3. The first-order valence-corrected chi connectivity index (χ1v) is 22.4. The largest absolute Gasteiger partial charge is 0.459 e. The average molecular weight is 891 g/mol. The minimum Gasteiger partial charge on any atom is -0.459 e. The number of carbonyl (C=O) groups excluding carboxylic acids is 1. The first-order valence-electron chi connectivity index (χ1n) is 22.4. The maximum absolute atomic E-state index is 14.2. The van der Waals surface area contributed by atoms with Crippen LogP contribution in [0.25, 0.3) is 0 Å². The van der Waals surface area contributed by atoms with Gasteiger partial charge in [0.15, 0.2) is 12.6 Å². The highest BCUT2D eigenvalue weighted by molar-refractivity contribution is 5.73. The second-order valence-electron chi connectivity index (χ2n) is 19.2. The molecule has 18 atom stereocenters. The van der Waals surface area contributed by atoms with Crippen LogP contribution >= 0.6 is 0 Å². The zero-order valence-corrected chi connectivity index (χ0v) is 39.1. The Kier molecular flexibility index (Phi) is 18.7. The van der Waals surface area contributed by atoms with Crippen LogP contribution in [-0.4, -0.2) is 194 Å². The minimum absolute atomic E-state index is 0.0866. The third kappa shape index (κ3) is 12.5. The summed E-state index contributed by atoms with van der Waals surface area (Å²) in [6, 6.07) is -1.61. The van der Waals surface area contributed by atoms with Crippen LogP contribution in [0.15, 0.2) is 6.20 Å². The van der Waals surface area contributed by atoms with Gasteiger partial charge in [-0.1, -0.05) is 19.1 Å². The molecule has 0 spiro atoms. The zero-order chi connectivity index (χ0) is 46.5. The highest BCUT2D eigenvalue weighted by Crippen LogP contribution is 2.38. The fourth-order valence-electron chi connectivity index (χ4n) is 9.37. The third-order valence-electron chi connectivity index (χ3n) is 13.8. The molecule has 3 aliphatic rings. The van der Waals surface area contributed by atoms with Gasteiger partial charge in [-0.25, -0.2) is 9.07 Å². The molecular formula is C43H79FN6O12. The summed E-state index contributed by atoms with van der Waals surface area (Å²) in [7, 11) is 5.19. The minimum atomic E-state index is -1.83. The molecule has 1 aromatic heterocycles. The molecule has 4 heterocycles. The normalized spacial score (nSPS) is 42.9. The van der Waals surface area contributed by atoms with E-state index in [4.69, 9.17) is 34.2 Å². The predicted octanol–water partition coefficient (Wildman–Crippen LogP) is 1.33. The van der Waals surface area contributed by atoms with Gasteiger partial charge in [0.05, 0.1) is 53.3 Å². The summed E-state index contributed by atoms with van der Waals surface area (Å²) < 4.78 is 52.5. The predicted molar refractivity (Wildman–Crippen MR) is 226 cm³/mol. The van der Waals surface area contributed by atoms with E-state index >= 15 is 0 Å². The lowest BCUT2D eigenvalue weighted by atomic mass is 9.83. The smallest absolute Gasteiger partial charge is 0.311 e. The van der Waals surface area contributed by atoms with E-state index in [0.717, 1.165) is 0 Å². The molecular weight excluding hydrogens is 812 g/mol. The number of hydrogen-bond donors (Lipinski definition) is 6. The number of halogens is 1. The van der Waals surface area contributed by atoms with Gasteiger partial charge in [-0.2, -0.15) is 0 Å². The Hall–Kier alpha value is -1.98. The molecule has 1 aromatic rings. The molecule has 0 radical (unpaired) electrons. The van der Waals surface area contributed by atoms with Crippen molar-refractivity contribution >= 4 is 5.97 Å². The quantitative estimate of drug-likeness (QED) is 0.153. The number of nitrogens with zero attached hydrogens (tertiary/aromatic N) is 5. The summed E-state index contributed by atoms with van der Waals surface area (Å²) in [5.41, 5.74) is 1.84. The van der Waals surface area contributed by atoms with Gasteiger partial charge in [-0.15, -0.1) is 5.10 Å². The van der Waals surface area contributed by atoms with Gasteiger partial charge in [0.25, 0.3) is 0 Å².